The number of rotatable bonds is 14. The number of furan rings is 1. The lowest BCUT2D eigenvalue weighted by Gasteiger charge is -2.36. The van der Waals surface area contributed by atoms with Crippen molar-refractivity contribution in [2.24, 2.45) is 23.7 Å². The van der Waals surface area contributed by atoms with E-state index in [-0.39, 0.29) is 36.0 Å². The largest absolute Gasteiger partial charge is 0.460 e. The van der Waals surface area contributed by atoms with Crippen LogP contribution in [0, 0.1) is 23.7 Å². The van der Waals surface area contributed by atoms with Crippen LogP contribution >= 0.6 is 0 Å². The minimum atomic E-state index is -0.558. The van der Waals surface area contributed by atoms with Crippen molar-refractivity contribution in [3.05, 3.63) is 30.0 Å². The number of ether oxygens (including phenoxy) is 4. The molecule has 3 fully saturated rings. The third kappa shape index (κ3) is 10.9. The van der Waals surface area contributed by atoms with Crippen LogP contribution in [0.15, 0.2) is 28.7 Å². The highest BCUT2D eigenvalue weighted by molar-refractivity contribution is 6.00. The number of carbonyl (C=O) groups is 4. The molecule has 0 unspecified atom stereocenters. The number of fused-ring (bicyclic) bond motifs is 1. The van der Waals surface area contributed by atoms with Gasteiger partial charge >= 0.3 is 12.1 Å². The molecule has 12 nitrogen and oxygen atoms in total. The van der Waals surface area contributed by atoms with Gasteiger partial charge in [-0.2, -0.15) is 0 Å². The molecule has 2 heterocycles. The van der Waals surface area contributed by atoms with Crippen LogP contribution in [0.25, 0.3) is 11.0 Å². The zero-order valence-electron chi connectivity index (χ0n) is 30.8. The van der Waals surface area contributed by atoms with Crippen molar-refractivity contribution in [3.63, 3.8) is 0 Å². The molecular weight excluding hydrogens is 654 g/mol. The first-order valence-electron chi connectivity index (χ1n) is 18.9. The number of likely N-dealkylation sites (tertiary alicyclic amines) is 1. The van der Waals surface area contributed by atoms with E-state index in [9.17, 15) is 19.2 Å². The number of amides is 3. The van der Waals surface area contributed by atoms with Crippen LogP contribution in [-0.4, -0.2) is 87.0 Å². The van der Waals surface area contributed by atoms with Crippen LogP contribution in [0.4, 0.5) is 10.5 Å². The molecule has 1 aromatic carbocycles. The number of nitrogens with one attached hydrogen (secondary N) is 2. The molecule has 0 radical (unpaired) electrons. The van der Waals surface area contributed by atoms with Crippen LogP contribution in [0.3, 0.4) is 0 Å². The van der Waals surface area contributed by atoms with Gasteiger partial charge in [0.15, 0.2) is 0 Å². The molecule has 282 valence electrons. The summed E-state index contributed by atoms with van der Waals surface area (Å²) in [5, 5.41) is 6.67. The van der Waals surface area contributed by atoms with E-state index in [1.165, 1.54) is 6.42 Å². The zero-order chi connectivity index (χ0) is 36.4. The van der Waals surface area contributed by atoms with Crippen molar-refractivity contribution in [1.29, 1.82) is 0 Å². The summed E-state index contributed by atoms with van der Waals surface area (Å²) < 4.78 is 26.8. The average Bonchev–Trinajstić information content (AvgIpc) is 3.75. The second-order valence-corrected chi connectivity index (χ2v) is 15.4. The third-order valence-electron chi connectivity index (χ3n) is 10.5. The monoisotopic (exact) mass is 711 g/mol. The summed E-state index contributed by atoms with van der Waals surface area (Å²) in [6.07, 6.45) is 9.85. The maximum absolute atomic E-state index is 14.2. The second-order valence-electron chi connectivity index (χ2n) is 15.4. The predicted molar refractivity (Wildman–Crippen MR) is 192 cm³/mol. The van der Waals surface area contributed by atoms with Gasteiger partial charge in [0.05, 0.1) is 19.8 Å². The summed E-state index contributed by atoms with van der Waals surface area (Å²) in [4.78, 5) is 54.9. The lowest BCUT2D eigenvalue weighted by Crippen LogP contribution is -2.49. The maximum Gasteiger partial charge on any atom is 0.407 e. The van der Waals surface area contributed by atoms with Crippen molar-refractivity contribution < 1.29 is 42.5 Å². The molecule has 1 saturated heterocycles. The number of alkyl carbamates (subject to hydrolysis) is 1. The first kappa shape index (κ1) is 38.6. The fourth-order valence-corrected chi connectivity index (χ4v) is 7.92. The lowest BCUT2D eigenvalue weighted by molar-refractivity contribution is -0.142. The molecule has 2 atom stereocenters. The molecule has 2 aliphatic carbocycles. The Labute approximate surface area is 301 Å². The normalized spacial score (nSPS) is 22.9. The number of anilines is 1. The van der Waals surface area contributed by atoms with E-state index in [2.05, 4.69) is 10.6 Å². The highest BCUT2D eigenvalue weighted by atomic mass is 16.6. The first-order valence-corrected chi connectivity index (χ1v) is 18.9. The highest BCUT2D eigenvalue weighted by Gasteiger charge is 2.46. The molecule has 2 N–H and O–H groups in total. The van der Waals surface area contributed by atoms with E-state index in [0.717, 1.165) is 57.8 Å². The number of esters is 1. The Kier molecular flexibility index (Phi) is 13.8. The molecule has 0 bridgehead atoms. The fourth-order valence-electron chi connectivity index (χ4n) is 7.92. The molecule has 3 aliphatic rings. The van der Waals surface area contributed by atoms with E-state index >= 15 is 0 Å². The summed E-state index contributed by atoms with van der Waals surface area (Å²) >= 11 is 0. The van der Waals surface area contributed by atoms with E-state index in [1.807, 2.05) is 25.7 Å². The van der Waals surface area contributed by atoms with E-state index in [0.29, 0.717) is 67.8 Å². The lowest BCUT2D eigenvalue weighted by atomic mass is 9.76. The summed E-state index contributed by atoms with van der Waals surface area (Å²) in [6, 6.07) is 6.38. The van der Waals surface area contributed by atoms with Gasteiger partial charge in [-0.25, -0.2) is 9.59 Å². The highest BCUT2D eigenvalue weighted by Crippen LogP contribution is 2.41. The zero-order valence-corrected chi connectivity index (χ0v) is 30.8. The minimum absolute atomic E-state index is 0.0713. The number of hydrogen-bond donors (Lipinski definition) is 2. The molecule has 1 aromatic heterocycles. The van der Waals surface area contributed by atoms with Crippen LogP contribution in [0.1, 0.15) is 102 Å². The molecule has 1 aliphatic heterocycles. The predicted octanol–water partition coefficient (Wildman–Crippen LogP) is 6.71. The molecule has 51 heavy (non-hydrogen) atoms. The van der Waals surface area contributed by atoms with Crippen molar-refractivity contribution in [2.45, 2.75) is 103 Å². The average molecular weight is 712 g/mol. The summed E-state index contributed by atoms with van der Waals surface area (Å²) in [6.45, 7) is 8.31. The Morgan fingerprint density at radius 2 is 1.67 bits per heavy atom. The van der Waals surface area contributed by atoms with Crippen molar-refractivity contribution in [3.8, 4) is 0 Å². The Morgan fingerprint density at radius 1 is 0.902 bits per heavy atom. The fraction of sp³-hybridized carbons (Fsp3) is 0.692. The molecule has 2 saturated carbocycles. The summed E-state index contributed by atoms with van der Waals surface area (Å²) in [7, 11) is 1.61. The Morgan fingerprint density at radius 3 is 2.39 bits per heavy atom. The van der Waals surface area contributed by atoms with Gasteiger partial charge in [0.1, 0.15) is 17.2 Å². The second kappa shape index (κ2) is 18.2. The Hall–Kier alpha value is -3.64. The molecule has 2 aromatic rings. The van der Waals surface area contributed by atoms with Gasteiger partial charge in [0, 0.05) is 50.2 Å². The van der Waals surface area contributed by atoms with Crippen LogP contribution in [-0.2, 0) is 28.5 Å². The maximum atomic E-state index is 14.2. The summed E-state index contributed by atoms with van der Waals surface area (Å²) in [5.41, 5.74) is 0.549. The number of methoxy groups -OCH3 is 1. The van der Waals surface area contributed by atoms with Crippen LogP contribution in [0.2, 0.25) is 0 Å². The van der Waals surface area contributed by atoms with Gasteiger partial charge in [-0.15, -0.1) is 0 Å². The SMILES string of the molecule is COCCOCCCOC(=O)c1cc2cc(NC(=O)[C@@H]3[C@H](C4CCCCC4)CCN3C(=O)[C@H]3CC[C@H](CNC(=O)OC(C)(C)C)CC3)ccc2o1. The quantitative estimate of drug-likeness (QED) is 0.161. The Bertz CT molecular complexity index is 1470. The molecule has 12 heteroatoms. The number of hydrogen-bond acceptors (Lipinski definition) is 9. The van der Waals surface area contributed by atoms with E-state index in [1.54, 1.807) is 31.4 Å². The van der Waals surface area contributed by atoms with Gasteiger partial charge in [-0.1, -0.05) is 32.1 Å². The van der Waals surface area contributed by atoms with Gasteiger partial charge < -0.3 is 38.9 Å². The molecule has 5 rings (SSSR count). The number of carbonyl (C=O) groups excluding carboxylic acids is 4. The van der Waals surface area contributed by atoms with Gasteiger partial charge in [0.25, 0.3) is 0 Å². The molecule has 0 spiro atoms. The topological polar surface area (TPSA) is 146 Å². The van der Waals surface area contributed by atoms with E-state index in [4.69, 9.17) is 23.4 Å². The molecule has 3 amide bonds. The van der Waals surface area contributed by atoms with Crippen molar-refractivity contribution in [1.82, 2.24) is 10.2 Å². The minimum Gasteiger partial charge on any atom is -0.460 e. The van der Waals surface area contributed by atoms with Crippen LogP contribution in [0.5, 0.6) is 0 Å². The molecular formula is C39H57N3O9. The van der Waals surface area contributed by atoms with Gasteiger partial charge in [-0.05, 0) is 94.9 Å². The van der Waals surface area contributed by atoms with Crippen LogP contribution < -0.4 is 10.6 Å². The summed E-state index contributed by atoms with van der Waals surface area (Å²) in [5.74, 6) is 0.138. The van der Waals surface area contributed by atoms with Crippen molar-refractivity contribution in [2.75, 3.05) is 51.9 Å². The number of nitrogens with zero attached hydrogens (tertiary/aromatic N) is 1. The third-order valence-corrected chi connectivity index (χ3v) is 10.5. The van der Waals surface area contributed by atoms with E-state index < -0.39 is 23.7 Å². The standard InChI is InChI=1S/C39H57N3O9/c1-39(2,3)51-38(46)40-25-26-11-13-28(14-12-26)36(44)42-18-17-31(27-9-6-5-7-10-27)34(42)35(43)41-30-15-16-32-29(23-30)24-33(50-32)37(45)49-20-8-19-48-22-21-47-4/h15-16,23-24,26-28,31,34H,5-14,17-22,25H2,1-4H3,(H,40,46)(H,41,43)/t26-,28-,31-,34-/m0/s1. The smallest absolute Gasteiger partial charge is 0.407 e. The first-order chi connectivity index (χ1) is 24.5. The van der Waals surface area contributed by atoms with Crippen molar-refractivity contribution >= 4 is 40.5 Å². The Balaban J connectivity index is 1.19. The van der Waals surface area contributed by atoms with Gasteiger partial charge in [-0.3, -0.25) is 9.59 Å². The number of benzene rings is 1. The van der Waals surface area contributed by atoms with Gasteiger partial charge in [0.2, 0.25) is 17.6 Å².